The van der Waals surface area contributed by atoms with Crippen LogP contribution in [0.2, 0.25) is 5.02 Å². The molecule has 1 aromatic carbocycles. The van der Waals surface area contributed by atoms with Crippen LogP contribution in [-0.2, 0) is 0 Å². The summed E-state index contributed by atoms with van der Waals surface area (Å²) in [4.78, 5) is 0. The Morgan fingerprint density at radius 1 is 1.58 bits per heavy atom. The van der Waals surface area contributed by atoms with Crippen LogP contribution in [0.15, 0.2) is 24.8 Å². The second kappa shape index (κ2) is 3.61. The van der Waals surface area contributed by atoms with Crippen molar-refractivity contribution in [3.63, 3.8) is 0 Å². The fraction of sp³-hybridized carbons (Fsp3) is 0.111. The number of rotatable bonds is 2. The number of halogens is 1. The van der Waals surface area contributed by atoms with Gasteiger partial charge >= 0.3 is 0 Å². The average Bonchev–Trinajstić information content (AvgIpc) is 2.08. The smallest absolute Gasteiger partial charge is 0.123 e. The first-order valence-corrected chi connectivity index (χ1v) is 3.89. The lowest BCUT2D eigenvalue weighted by atomic mass is 10.1. The molecule has 0 aliphatic carbocycles. The van der Waals surface area contributed by atoms with E-state index in [4.69, 9.17) is 17.3 Å². The Hall–Kier alpha value is -0.990. The second-order valence-corrected chi connectivity index (χ2v) is 2.91. The minimum absolute atomic E-state index is 0.162. The number of phenolic OH excluding ortho intramolecular Hbond substituents is 1. The summed E-state index contributed by atoms with van der Waals surface area (Å²) in [5.74, 6) is 0.162. The molecule has 0 fully saturated rings. The normalized spacial score (nSPS) is 9.83. The summed E-state index contributed by atoms with van der Waals surface area (Å²) >= 11 is 5.72. The third-order valence-corrected chi connectivity index (χ3v) is 1.82. The predicted molar refractivity (Wildman–Crippen MR) is 51.2 cm³/mol. The minimum Gasteiger partial charge on any atom is -0.507 e. The van der Waals surface area contributed by atoms with E-state index in [1.807, 2.05) is 0 Å². The quantitative estimate of drug-likeness (QED) is 0.737. The van der Waals surface area contributed by atoms with Gasteiger partial charge in [0.15, 0.2) is 0 Å². The number of hydrogen-bond acceptors (Lipinski definition) is 2. The van der Waals surface area contributed by atoms with E-state index in [1.165, 1.54) is 6.07 Å². The number of hydrogen-bond donors (Lipinski definition) is 2. The van der Waals surface area contributed by atoms with E-state index in [9.17, 15) is 5.11 Å². The molecular formula is C9H10ClNO. The summed E-state index contributed by atoms with van der Waals surface area (Å²) in [6, 6.07) is 4.79. The van der Waals surface area contributed by atoms with Gasteiger partial charge < -0.3 is 10.8 Å². The molecule has 64 valence electrons. The monoisotopic (exact) mass is 183 g/mol. The van der Waals surface area contributed by atoms with Crippen molar-refractivity contribution in [1.29, 1.82) is 0 Å². The third-order valence-electron chi connectivity index (χ3n) is 1.59. The molecule has 1 aromatic rings. The highest BCUT2D eigenvalue weighted by molar-refractivity contribution is 6.30. The fourth-order valence-electron chi connectivity index (χ4n) is 0.901. The van der Waals surface area contributed by atoms with Gasteiger partial charge in [0, 0.05) is 17.1 Å². The summed E-state index contributed by atoms with van der Waals surface area (Å²) in [7, 11) is 0. The molecule has 3 heteroatoms. The number of nitrogens with two attached hydrogens (primary N) is 1. The molecule has 0 saturated carbocycles. The lowest BCUT2D eigenvalue weighted by Gasteiger charge is -2.05. The van der Waals surface area contributed by atoms with Crippen LogP contribution < -0.4 is 5.73 Å². The Labute approximate surface area is 76.3 Å². The van der Waals surface area contributed by atoms with E-state index in [2.05, 4.69) is 6.58 Å². The van der Waals surface area contributed by atoms with Crippen LogP contribution in [0.3, 0.4) is 0 Å². The second-order valence-electron chi connectivity index (χ2n) is 2.47. The fourth-order valence-corrected chi connectivity index (χ4v) is 1.07. The van der Waals surface area contributed by atoms with E-state index in [0.29, 0.717) is 22.7 Å². The zero-order valence-electron chi connectivity index (χ0n) is 6.55. The van der Waals surface area contributed by atoms with E-state index >= 15 is 0 Å². The summed E-state index contributed by atoms with van der Waals surface area (Å²) in [5, 5.41) is 9.93. The maximum absolute atomic E-state index is 9.36. The molecule has 0 saturated heterocycles. The Bertz CT molecular complexity index is 309. The molecule has 0 amide bonds. The SMILES string of the molecule is C=C(CN)c1cc(Cl)ccc1O. The van der Waals surface area contributed by atoms with Crippen LogP contribution in [-0.4, -0.2) is 11.7 Å². The highest BCUT2D eigenvalue weighted by Crippen LogP contribution is 2.26. The zero-order chi connectivity index (χ0) is 9.14. The van der Waals surface area contributed by atoms with Gasteiger partial charge in [-0.25, -0.2) is 0 Å². The van der Waals surface area contributed by atoms with Crippen molar-refractivity contribution >= 4 is 17.2 Å². The zero-order valence-corrected chi connectivity index (χ0v) is 7.30. The topological polar surface area (TPSA) is 46.2 Å². The van der Waals surface area contributed by atoms with Crippen molar-refractivity contribution < 1.29 is 5.11 Å². The lowest BCUT2D eigenvalue weighted by Crippen LogP contribution is -2.00. The van der Waals surface area contributed by atoms with Crippen LogP contribution in [0, 0.1) is 0 Å². The van der Waals surface area contributed by atoms with Crippen LogP contribution in [0.5, 0.6) is 5.75 Å². The molecule has 3 N–H and O–H groups in total. The Balaban J connectivity index is 3.13. The lowest BCUT2D eigenvalue weighted by molar-refractivity contribution is 0.473. The van der Waals surface area contributed by atoms with Gasteiger partial charge in [-0.15, -0.1) is 0 Å². The molecule has 0 spiro atoms. The number of benzene rings is 1. The summed E-state index contributed by atoms with van der Waals surface area (Å²) in [6.07, 6.45) is 0. The first-order valence-electron chi connectivity index (χ1n) is 3.52. The Kier molecular flexibility index (Phi) is 2.74. The molecule has 0 aliphatic heterocycles. The molecule has 0 aromatic heterocycles. The molecule has 2 nitrogen and oxygen atoms in total. The van der Waals surface area contributed by atoms with Crippen molar-refractivity contribution in [1.82, 2.24) is 0 Å². The van der Waals surface area contributed by atoms with Crippen LogP contribution in [0.1, 0.15) is 5.56 Å². The number of phenols is 1. The Morgan fingerprint density at radius 3 is 2.83 bits per heavy atom. The average molecular weight is 184 g/mol. The molecule has 12 heavy (non-hydrogen) atoms. The first kappa shape index (κ1) is 9.10. The van der Waals surface area contributed by atoms with Crippen molar-refractivity contribution in [2.45, 2.75) is 0 Å². The molecule has 0 aliphatic rings. The standard InChI is InChI=1S/C9H10ClNO/c1-6(5-11)8-4-7(10)2-3-9(8)12/h2-4,12H,1,5,11H2. The van der Waals surface area contributed by atoms with Crippen molar-refractivity contribution in [3.8, 4) is 5.75 Å². The highest BCUT2D eigenvalue weighted by atomic mass is 35.5. The van der Waals surface area contributed by atoms with E-state index < -0.39 is 0 Å². The van der Waals surface area contributed by atoms with Gasteiger partial charge in [-0.1, -0.05) is 18.2 Å². The maximum atomic E-state index is 9.36. The van der Waals surface area contributed by atoms with Gasteiger partial charge in [0.1, 0.15) is 5.75 Å². The van der Waals surface area contributed by atoms with Gasteiger partial charge in [-0.05, 0) is 23.8 Å². The van der Waals surface area contributed by atoms with Gasteiger partial charge in [-0.2, -0.15) is 0 Å². The third kappa shape index (κ3) is 1.78. The van der Waals surface area contributed by atoms with E-state index in [1.54, 1.807) is 12.1 Å². The van der Waals surface area contributed by atoms with Crippen molar-refractivity contribution in [3.05, 3.63) is 35.4 Å². The van der Waals surface area contributed by atoms with Gasteiger partial charge in [-0.3, -0.25) is 0 Å². The van der Waals surface area contributed by atoms with E-state index in [0.717, 1.165) is 0 Å². The largest absolute Gasteiger partial charge is 0.507 e. The van der Waals surface area contributed by atoms with Gasteiger partial charge in [0.25, 0.3) is 0 Å². The van der Waals surface area contributed by atoms with Crippen molar-refractivity contribution in [2.24, 2.45) is 5.73 Å². The number of aromatic hydroxyl groups is 1. The van der Waals surface area contributed by atoms with Gasteiger partial charge in [0.2, 0.25) is 0 Å². The molecule has 0 radical (unpaired) electrons. The maximum Gasteiger partial charge on any atom is 0.123 e. The van der Waals surface area contributed by atoms with Crippen molar-refractivity contribution in [2.75, 3.05) is 6.54 Å². The van der Waals surface area contributed by atoms with E-state index in [-0.39, 0.29) is 5.75 Å². The first-order chi connectivity index (χ1) is 5.65. The molecule has 1 rings (SSSR count). The van der Waals surface area contributed by atoms with Crippen LogP contribution in [0.25, 0.3) is 5.57 Å². The van der Waals surface area contributed by atoms with Crippen LogP contribution in [0.4, 0.5) is 0 Å². The summed E-state index contributed by atoms with van der Waals surface area (Å²) in [6.45, 7) is 4.02. The minimum atomic E-state index is 0.162. The molecule has 0 bridgehead atoms. The summed E-state index contributed by atoms with van der Waals surface area (Å²) in [5.41, 5.74) is 6.66. The molecule has 0 atom stereocenters. The molecule has 0 unspecified atom stereocenters. The molecule has 0 heterocycles. The van der Waals surface area contributed by atoms with Crippen LogP contribution >= 0.6 is 11.6 Å². The highest BCUT2D eigenvalue weighted by Gasteiger charge is 2.03. The predicted octanol–water partition coefficient (Wildman–Crippen LogP) is 2.02. The van der Waals surface area contributed by atoms with Gasteiger partial charge in [0.05, 0.1) is 0 Å². The summed E-state index contributed by atoms with van der Waals surface area (Å²) < 4.78 is 0. The Morgan fingerprint density at radius 2 is 2.25 bits per heavy atom. The molecular weight excluding hydrogens is 174 g/mol.